The fourth-order valence-electron chi connectivity index (χ4n) is 0.637. The Morgan fingerprint density at radius 1 is 1.55 bits per heavy atom. The van der Waals surface area contributed by atoms with Gasteiger partial charge >= 0.3 is 0 Å². The van der Waals surface area contributed by atoms with E-state index in [1.54, 1.807) is 0 Å². The molecular weight excluding hydrogens is 159 g/mol. The zero-order valence-electron chi connectivity index (χ0n) is 7.38. The highest BCUT2D eigenvalue weighted by Gasteiger charge is 2.13. The molecule has 0 saturated carbocycles. The second kappa shape index (κ2) is 5.56. The van der Waals surface area contributed by atoms with E-state index in [4.69, 9.17) is 4.52 Å². The standard InChI is InChI=1S/C8H17O2P/c1-4-7-8-10-11(9,5-2)6-3/h5H,2,4,6-8H2,1,3H3. The lowest BCUT2D eigenvalue weighted by molar-refractivity contribution is 0.312. The molecule has 66 valence electrons. The first kappa shape index (κ1) is 10.9. The topological polar surface area (TPSA) is 26.3 Å². The van der Waals surface area contributed by atoms with E-state index >= 15 is 0 Å². The average Bonchev–Trinajstić information content (AvgIpc) is 2.05. The predicted octanol–water partition coefficient (Wildman–Crippen LogP) is 3.24. The molecular formula is C8H17O2P. The third kappa shape index (κ3) is 4.39. The smallest absolute Gasteiger partial charge is 0.224 e. The number of hydrogen-bond acceptors (Lipinski definition) is 2. The maximum Gasteiger partial charge on any atom is 0.224 e. The Bertz CT molecular complexity index is 154. The molecule has 0 saturated heterocycles. The van der Waals surface area contributed by atoms with Crippen LogP contribution in [0.4, 0.5) is 0 Å². The Morgan fingerprint density at radius 3 is 2.55 bits per heavy atom. The summed E-state index contributed by atoms with van der Waals surface area (Å²) in [6.45, 7) is 8.02. The summed E-state index contributed by atoms with van der Waals surface area (Å²) in [5, 5.41) is 0. The summed E-state index contributed by atoms with van der Waals surface area (Å²) in [6, 6.07) is 0. The fourth-order valence-corrected chi connectivity index (χ4v) is 1.62. The van der Waals surface area contributed by atoms with Gasteiger partial charge in [-0.2, -0.15) is 0 Å². The van der Waals surface area contributed by atoms with Gasteiger partial charge in [-0.25, -0.2) is 0 Å². The van der Waals surface area contributed by atoms with Crippen molar-refractivity contribution in [2.75, 3.05) is 12.8 Å². The Labute approximate surface area is 69.1 Å². The summed E-state index contributed by atoms with van der Waals surface area (Å²) < 4.78 is 16.7. The van der Waals surface area contributed by atoms with Crippen molar-refractivity contribution in [3.05, 3.63) is 12.4 Å². The lowest BCUT2D eigenvalue weighted by atomic mass is 10.4. The van der Waals surface area contributed by atoms with Gasteiger partial charge in [0.15, 0.2) is 0 Å². The first-order chi connectivity index (χ1) is 5.18. The van der Waals surface area contributed by atoms with Crippen molar-refractivity contribution in [3.8, 4) is 0 Å². The largest absolute Gasteiger partial charge is 0.326 e. The Morgan fingerprint density at radius 2 is 2.18 bits per heavy atom. The first-order valence-electron chi connectivity index (χ1n) is 4.05. The molecule has 1 unspecified atom stereocenters. The van der Waals surface area contributed by atoms with Crippen molar-refractivity contribution in [1.29, 1.82) is 0 Å². The molecule has 0 aromatic rings. The van der Waals surface area contributed by atoms with E-state index in [2.05, 4.69) is 13.5 Å². The molecule has 0 radical (unpaired) electrons. The van der Waals surface area contributed by atoms with Crippen LogP contribution in [0, 0.1) is 0 Å². The van der Waals surface area contributed by atoms with Gasteiger partial charge in [-0.3, -0.25) is 4.57 Å². The zero-order valence-corrected chi connectivity index (χ0v) is 8.27. The Hall–Kier alpha value is -0.0700. The third-order valence-electron chi connectivity index (χ3n) is 1.53. The van der Waals surface area contributed by atoms with Crippen LogP contribution in [-0.4, -0.2) is 12.8 Å². The SMILES string of the molecule is C=CP(=O)(CC)OCCCC. The highest BCUT2D eigenvalue weighted by Crippen LogP contribution is 2.47. The summed E-state index contributed by atoms with van der Waals surface area (Å²) in [7, 11) is -2.45. The van der Waals surface area contributed by atoms with Crippen LogP contribution in [0.15, 0.2) is 12.4 Å². The highest BCUT2D eigenvalue weighted by molar-refractivity contribution is 7.62. The van der Waals surface area contributed by atoms with Crippen molar-refractivity contribution in [3.63, 3.8) is 0 Å². The van der Waals surface area contributed by atoms with E-state index < -0.39 is 7.37 Å². The van der Waals surface area contributed by atoms with Crippen molar-refractivity contribution < 1.29 is 9.09 Å². The predicted molar refractivity (Wildman–Crippen MR) is 49.2 cm³/mol. The van der Waals surface area contributed by atoms with E-state index in [1.807, 2.05) is 6.92 Å². The van der Waals surface area contributed by atoms with Gasteiger partial charge < -0.3 is 4.52 Å². The number of rotatable bonds is 6. The van der Waals surface area contributed by atoms with E-state index in [0.29, 0.717) is 12.8 Å². The molecule has 0 aromatic carbocycles. The van der Waals surface area contributed by atoms with Gasteiger partial charge in [0.2, 0.25) is 7.37 Å². The number of hydrogen-bond donors (Lipinski definition) is 0. The van der Waals surface area contributed by atoms with Gasteiger partial charge in [-0.15, -0.1) is 0 Å². The van der Waals surface area contributed by atoms with Gasteiger partial charge in [0.25, 0.3) is 0 Å². The molecule has 0 spiro atoms. The summed E-state index contributed by atoms with van der Waals surface area (Å²) >= 11 is 0. The molecule has 0 amide bonds. The molecule has 0 aliphatic rings. The fraction of sp³-hybridized carbons (Fsp3) is 0.750. The maximum absolute atomic E-state index is 11.5. The van der Waals surface area contributed by atoms with Crippen molar-refractivity contribution >= 4 is 7.37 Å². The van der Waals surface area contributed by atoms with Crippen LogP contribution in [0.5, 0.6) is 0 Å². The molecule has 0 rings (SSSR count). The van der Waals surface area contributed by atoms with Crippen LogP contribution in [-0.2, 0) is 9.09 Å². The monoisotopic (exact) mass is 176 g/mol. The minimum Gasteiger partial charge on any atom is -0.326 e. The quantitative estimate of drug-likeness (QED) is 0.458. The van der Waals surface area contributed by atoms with E-state index in [9.17, 15) is 4.57 Å². The summed E-state index contributed by atoms with van der Waals surface area (Å²) in [6.07, 6.45) is 2.60. The second-order valence-corrected chi connectivity index (χ2v) is 5.12. The lowest BCUT2D eigenvalue weighted by Crippen LogP contribution is -1.92. The minimum atomic E-state index is -2.45. The van der Waals surface area contributed by atoms with Crippen molar-refractivity contribution in [2.24, 2.45) is 0 Å². The molecule has 2 nitrogen and oxygen atoms in total. The van der Waals surface area contributed by atoms with E-state index in [1.165, 1.54) is 5.82 Å². The van der Waals surface area contributed by atoms with Gasteiger partial charge in [0.1, 0.15) is 0 Å². The second-order valence-electron chi connectivity index (χ2n) is 2.41. The van der Waals surface area contributed by atoms with E-state index in [0.717, 1.165) is 12.8 Å². The van der Waals surface area contributed by atoms with Crippen LogP contribution in [0.2, 0.25) is 0 Å². The average molecular weight is 176 g/mol. The normalized spacial score (nSPS) is 15.8. The molecule has 1 atom stereocenters. The van der Waals surface area contributed by atoms with Gasteiger partial charge in [0, 0.05) is 6.16 Å². The van der Waals surface area contributed by atoms with Crippen LogP contribution >= 0.6 is 7.37 Å². The number of unbranched alkanes of at least 4 members (excludes halogenated alkanes) is 1. The molecule has 0 fully saturated rings. The molecule has 0 aromatic heterocycles. The highest BCUT2D eigenvalue weighted by atomic mass is 31.2. The van der Waals surface area contributed by atoms with Crippen molar-refractivity contribution in [2.45, 2.75) is 26.7 Å². The molecule has 11 heavy (non-hydrogen) atoms. The Kier molecular flexibility index (Phi) is 5.53. The first-order valence-corrected chi connectivity index (χ1v) is 5.93. The maximum atomic E-state index is 11.5. The van der Waals surface area contributed by atoms with E-state index in [-0.39, 0.29) is 0 Å². The third-order valence-corrected chi connectivity index (χ3v) is 3.58. The van der Waals surface area contributed by atoms with Crippen LogP contribution < -0.4 is 0 Å². The van der Waals surface area contributed by atoms with Crippen LogP contribution in [0.3, 0.4) is 0 Å². The zero-order chi connectivity index (χ0) is 8.74. The summed E-state index contributed by atoms with van der Waals surface area (Å²) in [5.41, 5.74) is 0. The molecule has 0 heterocycles. The molecule has 0 aliphatic heterocycles. The Balaban J connectivity index is 3.70. The molecule has 3 heteroatoms. The van der Waals surface area contributed by atoms with Gasteiger partial charge in [-0.05, 0) is 12.2 Å². The van der Waals surface area contributed by atoms with Crippen molar-refractivity contribution in [1.82, 2.24) is 0 Å². The lowest BCUT2D eigenvalue weighted by Gasteiger charge is -2.11. The summed E-state index contributed by atoms with van der Waals surface area (Å²) in [4.78, 5) is 0. The molecule has 0 aliphatic carbocycles. The van der Waals surface area contributed by atoms with Gasteiger partial charge in [0.05, 0.1) is 6.61 Å². The van der Waals surface area contributed by atoms with Crippen LogP contribution in [0.1, 0.15) is 26.7 Å². The summed E-state index contributed by atoms with van der Waals surface area (Å²) in [5.74, 6) is 1.45. The molecule has 0 bridgehead atoms. The van der Waals surface area contributed by atoms with Gasteiger partial charge in [-0.1, -0.05) is 26.8 Å². The van der Waals surface area contributed by atoms with Crippen LogP contribution in [0.25, 0.3) is 0 Å². The molecule has 0 N–H and O–H groups in total. The minimum absolute atomic E-state index is 0.556.